The Bertz CT molecular complexity index is 748. The van der Waals surface area contributed by atoms with Crippen molar-refractivity contribution in [3.05, 3.63) is 30.5 Å². The fraction of sp³-hybridized carbons (Fsp3) is 0.600. The van der Waals surface area contributed by atoms with Gasteiger partial charge in [-0.25, -0.2) is 9.97 Å². The standard InChI is InChI=1S/C20H27N5O/c1-24-10-8-21-19(24)18-13-22-17(12-23-18)11-15-5-4-9-25(14-15)20(26)16-6-2-3-7-16/h8,10,12-13,15-16H,2-7,9,11,14H2,1H3. The fourth-order valence-corrected chi connectivity index (χ4v) is 4.35. The second-order valence-corrected chi connectivity index (χ2v) is 7.73. The third-order valence-corrected chi connectivity index (χ3v) is 5.79. The van der Waals surface area contributed by atoms with E-state index in [2.05, 4.69) is 19.9 Å². The summed E-state index contributed by atoms with van der Waals surface area (Å²) in [7, 11) is 1.95. The minimum absolute atomic E-state index is 0.283. The minimum Gasteiger partial charge on any atom is -0.342 e. The van der Waals surface area contributed by atoms with Gasteiger partial charge in [0, 0.05) is 44.6 Å². The summed E-state index contributed by atoms with van der Waals surface area (Å²) in [4.78, 5) is 28.3. The van der Waals surface area contributed by atoms with Crippen LogP contribution in [0.4, 0.5) is 0 Å². The number of carbonyl (C=O) groups excluding carboxylic acids is 1. The number of hydrogen-bond donors (Lipinski definition) is 0. The number of amides is 1. The van der Waals surface area contributed by atoms with Crippen molar-refractivity contribution in [2.24, 2.45) is 18.9 Å². The predicted octanol–water partition coefficient (Wildman–Crippen LogP) is 2.85. The lowest BCUT2D eigenvalue weighted by atomic mass is 9.92. The highest BCUT2D eigenvalue weighted by Gasteiger charge is 2.30. The van der Waals surface area contributed by atoms with Crippen molar-refractivity contribution in [3.8, 4) is 11.5 Å². The molecule has 3 heterocycles. The summed E-state index contributed by atoms with van der Waals surface area (Å²) in [6, 6.07) is 0. The largest absolute Gasteiger partial charge is 0.342 e. The Morgan fingerprint density at radius 3 is 2.65 bits per heavy atom. The fourth-order valence-electron chi connectivity index (χ4n) is 4.35. The SMILES string of the molecule is Cn1ccnc1-c1cnc(CC2CCCN(C(=O)C3CCCC3)C2)cn1. The van der Waals surface area contributed by atoms with Gasteiger partial charge in [-0.05, 0) is 38.0 Å². The highest BCUT2D eigenvalue weighted by Crippen LogP contribution is 2.29. The molecule has 1 aliphatic carbocycles. The number of likely N-dealkylation sites (tertiary alicyclic amines) is 1. The monoisotopic (exact) mass is 353 g/mol. The van der Waals surface area contributed by atoms with E-state index in [0.717, 1.165) is 62.4 Å². The second-order valence-electron chi connectivity index (χ2n) is 7.73. The first kappa shape index (κ1) is 17.2. The molecule has 0 bridgehead atoms. The predicted molar refractivity (Wildman–Crippen MR) is 99.2 cm³/mol. The Morgan fingerprint density at radius 1 is 1.12 bits per heavy atom. The van der Waals surface area contributed by atoms with E-state index in [4.69, 9.17) is 0 Å². The lowest BCUT2D eigenvalue weighted by molar-refractivity contribution is -0.137. The Labute approximate surface area is 154 Å². The number of aryl methyl sites for hydroxylation is 1. The molecule has 6 heteroatoms. The highest BCUT2D eigenvalue weighted by atomic mass is 16.2. The van der Waals surface area contributed by atoms with Crippen molar-refractivity contribution in [2.75, 3.05) is 13.1 Å². The Morgan fingerprint density at radius 2 is 1.96 bits per heavy atom. The first-order valence-electron chi connectivity index (χ1n) is 9.78. The highest BCUT2D eigenvalue weighted by molar-refractivity contribution is 5.79. The van der Waals surface area contributed by atoms with Gasteiger partial charge in [-0.15, -0.1) is 0 Å². The molecule has 6 nitrogen and oxygen atoms in total. The number of aromatic nitrogens is 4. The molecule has 2 fully saturated rings. The van der Waals surface area contributed by atoms with Crippen LogP contribution in [0, 0.1) is 11.8 Å². The first-order valence-corrected chi connectivity index (χ1v) is 9.78. The van der Waals surface area contributed by atoms with E-state index in [-0.39, 0.29) is 5.92 Å². The summed E-state index contributed by atoms with van der Waals surface area (Å²) >= 11 is 0. The van der Waals surface area contributed by atoms with Crippen LogP contribution in [0.2, 0.25) is 0 Å². The lowest BCUT2D eigenvalue weighted by Crippen LogP contribution is -2.43. The maximum Gasteiger partial charge on any atom is 0.225 e. The third-order valence-electron chi connectivity index (χ3n) is 5.79. The van der Waals surface area contributed by atoms with Gasteiger partial charge >= 0.3 is 0 Å². The zero-order chi connectivity index (χ0) is 17.9. The smallest absolute Gasteiger partial charge is 0.225 e. The lowest BCUT2D eigenvalue weighted by Gasteiger charge is -2.34. The molecule has 0 spiro atoms. The molecule has 1 atom stereocenters. The normalized spacial score (nSPS) is 21.3. The van der Waals surface area contributed by atoms with E-state index < -0.39 is 0 Å². The van der Waals surface area contributed by atoms with Crippen molar-refractivity contribution in [1.29, 1.82) is 0 Å². The molecule has 1 unspecified atom stereocenters. The van der Waals surface area contributed by atoms with E-state index in [9.17, 15) is 4.79 Å². The van der Waals surface area contributed by atoms with Crippen LogP contribution in [0.5, 0.6) is 0 Å². The number of carbonyl (C=O) groups is 1. The van der Waals surface area contributed by atoms with Crippen molar-refractivity contribution < 1.29 is 4.79 Å². The van der Waals surface area contributed by atoms with Gasteiger partial charge in [0.25, 0.3) is 0 Å². The third kappa shape index (κ3) is 3.64. The van der Waals surface area contributed by atoms with Gasteiger partial charge in [-0.1, -0.05) is 12.8 Å². The van der Waals surface area contributed by atoms with Crippen LogP contribution >= 0.6 is 0 Å². The summed E-state index contributed by atoms with van der Waals surface area (Å²) in [5.74, 6) is 1.99. The summed E-state index contributed by atoms with van der Waals surface area (Å²) < 4.78 is 1.94. The first-order chi connectivity index (χ1) is 12.7. The summed E-state index contributed by atoms with van der Waals surface area (Å²) in [5, 5.41) is 0. The summed E-state index contributed by atoms with van der Waals surface area (Å²) in [6.07, 6.45) is 15.1. The van der Waals surface area contributed by atoms with Crippen LogP contribution < -0.4 is 0 Å². The number of hydrogen-bond acceptors (Lipinski definition) is 4. The average Bonchev–Trinajstić information content (AvgIpc) is 3.34. The molecule has 2 aromatic rings. The van der Waals surface area contributed by atoms with Gasteiger partial charge in [0.15, 0.2) is 5.82 Å². The van der Waals surface area contributed by atoms with Gasteiger partial charge in [0.2, 0.25) is 5.91 Å². The van der Waals surface area contributed by atoms with E-state index in [1.54, 1.807) is 6.20 Å². The van der Waals surface area contributed by atoms with Crippen LogP contribution in [0.3, 0.4) is 0 Å². The molecule has 1 amide bonds. The summed E-state index contributed by atoms with van der Waals surface area (Å²) in [6.45, 7) is 1.80. The molecule has 1 aliphatic heterocycles. The molecule has 1 saturated heterocycles. The quantitative estimate of drug-likeness (QED) is 0.848. The van der Waals surface area contributed by atoms with Crippen molar-refractivity contribution in [2.45, 2.75) is 44.9 Å². The molecule has 0 N–H and O–H groups in total. The molecule has 26 heavy (non-hydrogen) atoms. The Balaban J connectivity index is 1.37. The van der Waals surface area contributed by atoms with Crippen LogP contribution in [0.25, 0.3) is 11.5 Å². The minimum atomic E-state index is 0.283. The van der Waals surface area contributed by atoms with E-state index >= 15 is 0 Å². The number of nitrogens with zero attached hydrogens (tertiary/aromatic N) is 5. The molecule has 2 aliphatic rings. The van der Waals surface area contributed by atoms with Crippen molar-refractivity contribution >= 4 is 5.91 Å². The molecule has 0 aromatic carbocycles. The molecule has 0 radical (unpaired) electrons. The second kappa shape index (κ2) is 7.56. The van der Waals surface area contributed by atoms with Gasteiger partial charge in [-0.3, -0.25) is 9.78 Å². The van der Waals surface area contributed by atoms with Gasteiger partial charge in [0.05, 0.1) is 11.9 Å². The topological polar surface area (TPSA) is 63.9 Å². The molecule has 138 valence electrons. The van der Waals surface area contributed by atoms with Crippen LogP contribution in [-0.2, 0) is 18.3 Å². The Hall–Kier alpha value is -2.24. The van der Waals surface area contributed by atoms with Crippen LogP contribution in [-0.4, -0.2) is 43.4 Å². The van der Waals surface area contributed by atoms with E-state index in [1.807, 2.05) is 30.2 Å². The number of imidazole rings is 1. The Kier molecular flexibility index (Phi) is 5.00. The van der Waals surface area contributed by atoms with Crippen molar-refractivity contribution in [1.82, 2.24) is 24.4 Å². The summed E-state index contributed by atoms with van der Waals surface area (Å²) in [5.41, 5.74) is 1.80. The number of rotatable bonds is 4. The van der Waals surface area contributed by atoms with E-state index in [0.29, 0.717) is 11.8 Å². The number of piperidine rings is 1. The zero-order valence-corrected chi connectivity index (χ0v) is 15.5. The van der Waals surface area contributed by atoms with Crippen molar-refractivity contribution in [3.63, 3.8) is 0 Å². The van der Waals surface area contributed by atoms with Crippen LogP contribution in [0.1, 0.15) is 44.2 Å². The molecular formula is C20H27N5O. The molecule has 4 rings (SSSR count). The van der Waals surface area contributed by atoms with Gasteiger partial charge < -0.3 is 9.47 Å². The molecule has 2 aromatic heterocycles. The molecular weight excluding hydrogens is 326 g/mol. The van der Waals surface area contributed by atoms with Gasteiger partial charge in [-0.2, -0.15) is 0 Å². The van der Waals surface area contributed by atoms with E-state index in [1.165, 1.54) is 12.8 Å². The maximum atomic E-state index is 12.7. The average molecular weight is 353 g/mol. The van der Waals surface area contributed by atoms with Crippen LogP contribution in [0.15, 0.2) is 24.8 Å². The molecule has 1 saturated carbocycles. The maximum absolute atomic E-state index is 12.7. The van der Waals surface area contributed by atoms with Gasteiger partial charge in [0.1, 0.15) is 5.69 Å². The zero-order valence-electron chi connectivity index (χ0n) is 15.5.